The highest BCUT2D eigenvalue weighted by atomic mass is 32.2. The van der Waals surface area contributed by atoms with Crippen LogP contribution >= 0.6 is 0 Å². The molecule has 0 bridgehead atoms. The molecule has 0 aliphatic carbocycles. The fourth-order valence-corrected chi connectivity index (χ4v) is 3.00. The number of nitrogens with two attached hydrogens (primary N) is 1. The number of benzene rings is 1. The molecule has 1 rings (SSSR count). The van der Waals surface area contributed by atoms with Crippen molar-refractivity contribution in [2.75, 3.05) is 5.43 Å². The minimum Gasteiger partial charge on any atom is -0.324 e. The van der Waals surface area contributed by atoms with Gasteiger partial charge in [0, 0.05) is 12.1 Å². The van der Waals surface area contributed by atoms with Crippen LogP contribution in [-0.4, -0.2) is 19.4 Å². The average Bonchev–Trinajstić information content (AvgIpc) is 2.37. The summed E-state index contributed by atoms with van der Waals surface area (Å²) in [5.74, 6) is 5.26. The van der Waals surface area contributed by atoms with E-state index < -0.39 is 25.5 Å². The van der Waals surface area contributed by atoms with Gasteiger partial charge in [0.2, 0.25) is 10.0 Å². The van der Waals surface area contributed by atoms with E-state index in [-0.39, 0.29) is 17.6 Å². The number of nitro groups is 1. The number of sulfonamides is 1. The lowest BCUT2D eigenvalue weighted by Gasteiger charge is -2.17. The highest BCUT2D eigenvalue weighted by Crippen LogP contribution is 2.27. The van der Waals surface area contributed by atoms with Gasteiger partial charge in [-0.05, 0) is 25.0 Å². The summed E-state index contributed by atoms with van der Waals surface area (Å²) in [7, 11) is -4.00. The Labute approximate surface area is 117 Å². The van der Waals surface area contributed by atoms with Crippen LogP contribution in [-0.2, 0) is 10.0 Å². The lowest BCUT2D eigenvalue weighted by atomic mass is 10.1. The van der Waals surface area contributed by atoms with Crippen molar-refractivity contribution in [2.24, 2.45) is 11.8 Å². The van der Waals surface area contributed by atoms with E-state index in [2.05, 4.69) is 10.1 Å². The normalized spacial score (nSPS) is 13.2. The monoisotopic (exact) mass is 302 g/mol. The Hall–Kier alpha value is -1.71. The summed E-state index contributed by atoms with van der Waals surface area (Å²) in [5, 5.41) is 10.9. The van der Waals surface area contributed by atoms with E-state index in [1.807, 2.05) is 13.8 Å². The third-order valence-electron chi connectivity index (χ3n) is 2.95. The largest absolute Gasteiger partial charge is 0.324 e. The van der Waals surface area contributed by atoms with Crippen LogP contribution < -0.4 is 16.0 Å². The van der Waals surface area contributed by atoms with Crippen LogP contribution in [0, 0.1) is 16.0 Å². The molecule has 1 unspecified atom stereocenters. The molecule has 0 radical (unpaired) electrons. The molecular formula is C11H18N4O4S. The van der Waals surface area contributed by atoms with Crippen molar-refractivity contribution in [3.8, 4) is 0 Å². The third-order valence-corrected chi connectivity index (χ3v) is 4.54. The zero-order chi connectivity index (χ0) is 15.5. The molecule has 0 fully saturated rings. The standard InChI is InChI=1S/C11H18N4O4S/c1-7(2)8(3)14-20(18,19)11-6-9(13-12)4-5-10(11)15(16)17/h4-8,13-14H,12H2,1-3H3. The van der Waals surface area contributed by atoms with Crippen LogP contribution in [0.2, 0.25) is 0 Å². The molecule has 20 heavy (non-hydrogen) atoms. The maximum atomic E-state index is 12.3. The fourth-order valence-electron chi connectivity index (χ4n) is 1.41. The van der Waals surface area contributed by atoms with Crippen LogP contribution in [0.4, 0.5) is 11.4 Å². The first-order valence-electron chi connectivity index (χ1n) is 5.96. The second-order valence-corrected chi connectivity index (χ2v) is 6.42. The van der Waals surface area contributed by atoms with Crippen molar-refractivity contribution in [3.05, 3.63) is 28.3 Å². The van der Waals surface area contributed by atoms with E-state index in [0.29, 0.717) is 0 Å². The molecule has 0 spiro atoms. The maximum absolute atomic E-state index is 12.3. The number of nitrogens with zero attached hydrogens (tertiary/aromatic N) is 1. The van der Waals surface area contributed by atoms with Crippen molar-refractivity contribution in [3.63, 3.8) is 0 Å². The summed E-state index contributed by atoms with van der Waals surface area (Å²) >= 11 is 0. The van der Waals surface area contributed by atoms with Crippen molar-refractivity contribution >= 4 is 21.4 Å². The van der Waals surface area contributed by atoms with Gasteiger partial charge >= 0.3 is 0 Å². The van der Waals surface area contributed by atoms with Gasteiger partial charge in [-0.3, -0.25) is 16.0 Å². The van der Waals surface area contributed by atoms with E-state index in [9.17, 15) is 18.5 Å². The second kappa shape index (κ2) is 6.16. The number of hydrogen-bond donors (Lipinski definition) is 3. The predicted octanol–water partition coefficient (Wildman–Crippen LogP) is 1.20. The predicted molar refractivity (Wildman–Crippen MR) is 75.5 cm³/mol. The average molecular weight is 302 g/mol. The zero-order valence-electron chi connectivity index (χ0n) is 11.5. The Morgan fingerprint density at radius 2 is 1.90 bits per heavy atom. The molecule has 0 aliphatic rings. The van der Waals surface area contributed by atoms with Crippen LogP contribution in [0.1, 0.15) is 20.8 Å². The molecule has 1 aromatic carbocycles. The van der Waals surface area contributed by atoms with Crippen LogP contribution in [0.25, 0.3) is 0 Å². The number of nitro benzene ring substituents is 1. The Bertz CT molecular complexity index is 600. The highest BCUT2D eigenvalue weighted by Gasteiger charge is 2.28. The first-order valence-corrected chi connectivity index (χ1v) is 7.44. The fraction of sp³-hybridized carbons (Fsp3) is 0.455. The lowest BCUT2D eigenvalue weighted by Crippen LogP contribution is -2.36. The van der Waals surface area contributed by atoms with Crippen molar-refractivity contribution in [1.82, 2.24) is 4.72 Å². The molecule has 8 nitrogen and oxygen atoms in total. The SMILES string of the molecule is CC(C)C(C)NS(=O)(=O)c1cc(NN)ccc1[N+](=O)[O-]. The zero-order valence-corrected chi connectivity index (χ0v) is 12.3. The van der Waals surface area contributed by atoms with Gasteiger partial charge in [0.15, 0.2) is 4.90 Å². The number of nitrogens with one attached hydrogen (secondary N) is 2. The van der Waals surface area contributed by atoms with E-state index in [4.69, 9.17) is 5.84 Å². The molecule has 112 valence electrons. The van der Waals surface area contributed by atoms with E-state index >= 15 is 0 Å². The minimum absolute atomic E-state index is 0.0552. The van der Waals surface area contributed by atoms with E-state index in [1.54, 1.807) is 6.92 Å². The molecule has 0 aromatic heterocycles. The van der Waals surface area contributed by atoms with Gasteiger partial charge in [-0.15, -0.1) is 0 Å². The summed E-state index contributed by atoms with van der Waals surface area (Å²) in [6.45, 7) is 5.39. The highest BCUT2D eigenvalue weighted by molar-refractivity contribution is 7.89. The van der Waals surface area contributed by atoms with Crippen LogP contribution in [0.15, 0.2) is 23.1 Å². The number of hydrazine groups is 1. The summed E-state index contributed by atoms with van der Waals surface area (Å²) in [4.78, 5) is 9.80. The smallest absolute Gasteiger partial charge is 0.289 e. The molecule has 1 aromatic rings. The quantitative estimate of drug-likeness (QED) is 0.411. The maximum Gasteiger partial charge on any atom is 0.289 e. The molecule has 1 atom stereocenters. The molecule has 0 saturated carbocycles. The van der Waals surface area contributed by atoms with E-state index in [0.717, 1.165) is 12.1 Å². The number of rotatable bonds is 6. The van der Waals surface area contributed by atoms with Gasteiger partial charge in [-0.25, -0.2) is 13.1 Å². The van der Waals surface area contributed by atoms with Crippen LogP contribution in [0.5, 0.6) is 0 Å². The van der Waals surface area contributed by atoms with Gasteiger partial charge < -0.3 is 5.43 Å². The molecule has 4 N–H and O–H groups in total. The summed E-state index contributed by atoms with van der Waals surface area (Å²) in [5.41, 5.74) is 2.05. The van der Waals surface area contributed by atoms with Gasteiger partial charge in [0.25, 0.3) is 5.69 Å². The van der Waals surface area contributed by atoms with Gasteiger partial charge in [0.1, 0.15) is 0 Å². The minimum atomic E-state index is -4.00. The third kappa shape index (κ3) is 3.65. The molecule has 0 amide bonds. The molecular weight excluding hydrogens is 284 g/mol. The first-order chi connectivity index (χ1) is 9.19. The van der Waals surface area contributed by atoms with Crippen molar-refractivity contribution in [1.29, 1.82) is 0 Å². The van der Waals surface area contributed by atoms with Gasteiger partial charge in [-0.2, -0.15) is 0 Å². The summed E-state index contributed by atoms with van der Waals surface area (Å²) < 4.78 is 26.9. The molecule has 0 saturated heterocycles. The summed E-state index contributed by atoms with van der Waals surface area (Å²) in [6.07, 6.45) is 0. The Kier molecular flexibility index (Phi) is 5.03. The topological polar surface area (TPSA) is 127 Å². The Balaban J connectivity index is 3.31. The molecule has 0 heterocycles. The second-order valence-electron chi connectivity index (χ2n) is 4.74. The Morgan fingerprint density at radius 3 is 2.35 bits per heavy atom. The van der Waals surface area contributed by atoms with Gasteiger partial charge in [0.05, 0.1) is 10.6 Å². The number of nitrogen functional groups attached to an aromatic ring is 1. The van der Waals surface area contributed by atoms with Gasteiger partial charge in [-0.1, -0.05) is 13.8 Å². The van der Waals surface area contributed by atoms with Crippen LogP contribution in [0.3, 0.4) is 0 Å². The summed E-state index contributed by atoms with van der Waals surface area (Å²) in [6, 6.07) is 3.22. The number of anilines is 1. The molecule has 0 aliphatic heterocycles. The lowest BCUT2D eigenvalue weighted by molar-refractivity contribution is -0.387. The van der Waals surface area contributed by atoms with E-state index in [1.165, 1.54) is 6.07 Å². The Morgan fingerprint density at radius 1 is 1.30 bits per heavy atom. The van der Waals surface area contributed by atoms with Crippen molar-refractivity contribution < 1.29 is 13.3 Å². The first kappa shape index (κ1) is 16.3. The molecule has 9 heteroatoms. The van der Waals surface area contributed by atoms with Crippen molar-refractivity contribution in [2.45, 2.75) is 31.7 Å². The number of hydrogen-bond acceptors (Lipinski definition) is 6.